The molecule has 0 aliphatic carbocycles. The van der Waals surface area contributed by atoms with E-state index in [-0.39, 0.29) is 25.0 Å². The van der Waals surface area contributed by atoms with Gasteiger partial charge in [-0.2, -0.15) is 0 Å². The van der Waals surface area contributed by atoms with Crippen molar-refractivity contribution in [2.75, 3.05) is 39.3 Å². The summed E-state index contributed by atoms with van der Waals surface area (Å²) in [6.45, 7) is 1.87. The maximum Gasteiger partial charge on any atom is 0.505 e. The lowest BCUT2D eigenvalue weighted by Gasteiger charge is -2.27. The number of rotatable bonds is 21. The van der Waals surface area contributed by atoms with Crippen molar-refractivity contribution in [1.29, 1.82) is 0 Å². The van der Waals surface area contributed by atoms with Crippen molar-refractivity contribution in [1.82, 2.24) is 10.2 Å². The third kappa shape index (κ3) is 17.2. The number of unbranched alkanes of at least 4 members (excludes halogenated alkanes) is 6. The molecule has 0 aromatic rings. The summed E-state index contributed by atoms with van der Waals surface area (Å²) < 4.78 is 4.64. The van der Waals surface area contributed by atoms with Crippen LogP contribution in [0.2, 0.25) is 0 Å². The molecular formula is C22H46N6O5. The Labute approximate surface area is 197 Å². The van der Waals surface area contributed by atoms with Crippen molar-refractivity contribution in [2.24, 2.45) is 22.9 Å². The van der Waals surface area contributed by atoms with Crippen molar-refractivity contribution >= 4 is 18.0 Å². The second kappa shape index (κ2) is 20.6. The zero-order valence-corrected chi connectivity index (χ0v) is 20.0. The van der Waals surface area contributed by atoms with Gasteiger partial charge in [0.05, 0.1) is 18.6 Å². The topological polar surface area (TPSA) is 200 Å². The van der Waals surface area contributed by atoms with Gasteiger partial charge < -0.3 is 43.0 Å². The van der Waals surface area contributed by atoms with E-state index >= 15 is 0 Å². The summed E-state index contributed by atoms with van der Waals surface area (Å²) in [7, 11) is 0. The van der Waals surface area contributed by atoms with Crippen LogP contribution in [-0.4, -0.2) is 79.4 Å². The Hall–Kier alpha value is -1.95. The largest absolute Gasteiger partial charge is 0.505 e. The van der Waals surface area contributed by atoms with Crippen molar-refractivity contribution in [3.05, 3.63) is 0 Å². The van der Waals surface area contributed by atoms with Crippen molar-refractivity contribution in [2.45, 2.75) is 82.7 Å². The number of nitrogens with one attached hydrogen (secondary N) is 1. The molecule has 0 aliphatic rings. The maximum atomic E-state index is 12.9. The molecule has 0 radical (unpaired) electrons. The lowest BCUT2D eigenvalue weighted by Crippen LogP contribution is -2.50. The number of nitrogens with two attached hydrogens (primary N) is 4. The third-order valence-electron chi connectivity index (χ3n) is 5.34. The number of amides is 2. The molecule has 0 fully saturated rings. The second-order valence-corrected chi connectivity index (χ2v) is 8.33. The fraction of sp³-hybridized carbons (Fsp3) is 0.864. The molecule has 0 bridgehead atoms. The van der Waals surface area contributed by atoms with Crippen molar-refractivity contribution in [3.8, 4) is 0 Å². The van der Waals surface area contributed by atoms with E-state index in [4.69, 9.17) is 28.0 Å². The van der Waals surface area contributed by atoms with Crippen LogP contribution in [0.25, 0.3) is 0 Å². The Morgan fingerprint density at radius 2 is 1.36 bits per heavy atom. The van der Waals surface area contributed by atoms with Crippen molar-refractivity contribution in [3.63, 3.8) is 0 Å². The fourth-order valence-electron chi connectivity index (χ4n) is 3.46. The molecule has 0 saturated heterocycles. The van der Waals surface area contributed by atoms with E-state index in [1.807, 2.05) is 0 Å². The van der Waals surface area contributed by atoms with Crippen LogP contribution < -0.4 is 28.3 Å². The molecule has 0 heterocycles. The average molecular weight is 475 g/mol. The van der Waals surface area contributed by atoms with Gasteiger partial charge in [0.1, 0.15) is 6.61 Å². The van der Waals surface area contributed by atoms with Gasteiger partial charge in [0.15, 0.2) is 0 Å². The van der Waals surface area contributed by atoms with Gasteiger partial charge in [-0.15, -0.1) is 0 Å². The lowest BCUT2D eigenvalue weighted by atomic mass is 10.1. The number of ether oxygens (including phenoxy) is 1. The molecule has 33 heavy (non-hydrogen) atoms. The van der Waals surface area contributed by atoms with E-state index in [0.29, 0.717) is 39.0 Å². The second-order valence-electron chi connectivity index (χ2n) is 8.33. The highest BCUT2D eigenvalue weighted by molar-refractivity contribution is 5.87. The molecule has 2 amide bonds. The Kier molecular flexibility index (Phi) is 19.4. The summed E-state index contributed by atoms with van der Waals surface area (Å²) in [4.78, 5) is 37.9. The smallest absolute Gasteiger partial charge is 0.450 e. The van der Waals surface area contributed by atoms with Gasteiger partial charge in [0.2, 0.25) is 11.8 Å². The zero-order valence-electron chi connectivity index (χ0n) is 20.0. The minimum absolute atomic E-state index is 0.132. The quantitative estimate of drug-likeness (QED) is 0.101. The molecule has 10 N–H and O–H groups in total. The van der Waals surface area contributed by atoms with Crippen LogP contribution in [0, 0.1) is 0 Å². The first-order valence-electron chi connectivity index (χ1n) is 12.1. The molecule has 0 aliphatic heterocycles. The molecule has 0 spiro atoms. The fourth-order valence-corrected chi connectivity index (χ4v) is 3.46. The summed E-state index contributed by atoms with van der Waals surface area (Å²) in [6.07, 6.45) is 7.39. The minimum Gasteiger partial charge on any atom is -0.450 e. The Morgan fingerprint density at radius 1 is 0.818 bits per heavy atom. The third-order valence-corrected chi connectivity index (χ3v) is 5.34. The van der Waals surface area contributed by atoms with Crippen molar-refractivity contribution < 1.29 is 24.2 Å². The lowest BCUT2D eigenvalue weighted by molar-refractivity contribution is -0.137. The van der Waals surface area contributed by atoms with Gasteiger partial charge in [-0.05, 0) is 58.2 Å². The van der Waals surface area contributed by atoms with Gasteiger partial charge in [0.25, 0.3) is 0 Å². The van der Waals surface area contributed by atoms with Crippen LogP contribution in [0.4, 0.5) is 4.79 Å². The normalized spacial score (nSPS) is 12.7. The molecule has 0 saturated carbocycles. The highest BCUT2D eigenvalue weighted by Gasteiger charge is 2.24. The van der Waals surface area contributed by atoms with Gasteiger partial charge in [-0.1, -0.05) is 32.1 Å². The van der Waals surface area contributed by atoms with Crippen LogP contribution in [-0.2, 0) is 14.3 Å². The molecule has 194 valence electrons. The first kappa shape index (κ1) is 31.0. The number of carboxylic acid groups (broad SMARTS) is 1. The number of carbonyl (C=O) groups is 3. The molecule has 0 rings (SSSR count). The predicted molar refractivity (Wildman–Crippen MR) is 128 cm³/mol. The zero-order chi connectivity index (χ0) is 24.9. The molecule has 0 aromatic carbocycles. The average Bonchev–Trinajstić information content (AvgIpc) is 2.78. The highest BCUT2D eigenvalue weighted by Crippen LogP contribution is 2.08. The van der Waals surface area contributed by atoms with Gasteiger partial charge in [-0.3, -0.25) is 9.59 Å². The number of hydrogen-bond donors (Lipinski definition) is 6. The van der Waals surface area contributed by atoms with Gasteiger partial charge >= 0.3 is 6.16 Å². The predicted octanol–water partition coefficient (Wildman–Crippen LogP) is 0.489. The van der Waals surface area contributed by atoms with E-state index < -0.39 is 18.2 Å². The summed E-state index contributed by atoms with van der Waals surface area (Å²) in [5.41, 5.74) is 22.6. The monoisotopic (exact) mass is 474 g/mol. The number of carbonyl (C=O) groups excluding carboxylic acids is 2. The summed E-state index contributed by atoms with van der Waals surface area (Å²) in [5, 5.41) is 11.6. The summed E-state index contributed by atoms with van der Waals surface area (Å²) in [6, 6.07) is -1.16. The molecule has 0 aromatic heterocycles. The van der Waals surface area contributed by atoms with E-state index in [2.05, 4.69) is 10.1 Å². The van der Waals surface area contributed by atoms with Crippen LogP contribution in [0.3, 0.4) is 0 Å². The number of hydrogen-bond acceptors (Lipinski definition) is 8. The first-order valence-corrected chi connectivity index (χ1v) is 12.1. The van der Waals surface area contributed by atoms with Crippen LogP contribution in [0.5, 0.6) is 0 Å². The number of nitrogens with zero attached hydrogens (tertiary/aromatic N) is 1. The maximum absolute atomic E-state index is 12.9. The first-order chi connectivity index (χ1) is 15.8. The van der Waals surface area contributed by atoms with Crippen LogP contribution in [0.15, 0.2) is 0 Å². The molecule has 2 atom stereocenters. The van der Waals surface area contributed by atoms with E-state index in [1.165, 1.54) is 4.90 Å². The van der Waals surface area contributed by atoms with E-state index in [9.17, 15) is 14.4 Å². The molecule has 0 unspecified atom stereocenters. The van der Waals surface area contributed by atoms with Gasteiger partial charge in [-0.25, -0.2) is 4.79 Å². The molecule has 11 heteroatoms. The minimum atomic E-state index is -1.40. The molecular weight excluding hydrogens is 428 g/mol. The standard InChI is InChI=1S/C22H46N6O5/c23-12-6-2-1-3-9-15-28(21(30)19(26)11-5-8-14-25)16-20(29)27-18(10-4-7-13-24)17-33-22(31)32/h18-19H,1-17,23-26H2,(H,27,29)(H,31,32)/t18-,19-/m1/s1. The Morgan fingerprint density at radius 3 is 1.97 bits per heavy atom. The highest BCUT2D eigenvalue weighted by atomic mass is 16.7. The SMILES string of the molecule is NCCCCCCCN(CC(=O)N[C@H](CCCCN)COC(=O)O)C(=O)[C@H](N)CCCCN. The van der Waals surface area contributed by atoms with Crippen LogP contribution >= 0.6 is 0 Å². The van der Waals surface area contributed by atoms with Gasteiger partial charge in [0, 0.05) is 6.54 Å². The summed E-state index contributed by atoms with van der Waals surface area (Å²) in [5.74, 6) is -0.627. The molecule has 11 nitrogen and oxygen atoms in total. The van der Waals surface area contributed by atoms with E-state index in [1.54, 1.807) is 0 Å². The van der Waals surface area contributed by atoms with E-state index in [0.717, 1.165) is 57.8 Å². The Balaban J connectivity index is 4.93. The summed E-state index contributed by atoms with van der Waals surface area (Å²) >= 11 is 0. The Bertz CT molecular complexity index is 537. The van der Waals surface area contributed by atoms with Crippen LogP contribution in [0.1, 0.15) is 70.6 Å².